The van der Waals surface area contributed by atoms with E-state index in [2.05, 4.69) is 25.8 Å². The summed E-state index contributed by atoms with van der Waals surface area (Å²) in [7, 11) is 0. The summed E-state index contributed by atoms with van der Waals surface area (Å²) >= 11 is 1.74. The lowest BCUT2D eigenvalue weighted by Crippen LogP contribution is -2.33. The molecule has 2 fully saturated rings. The number of rotatable bonds is 3. The van der Waals surface area contributed by atoms with E-state index in [9.17, 15) is 4.79 Å². The number of thioether (sulfide) groups is 1. The van der Waals surface area contributed by atoms with E-state index in [1.54, 1.807) is 11.8 Å². The third kappa shape index (κ3) is 1.95. The minimum Gasteiger partial charge on any atom is -0.271 e. The van der Waals surface area contributed by atoms with Crippen LogP contribution in [0.25, 0.3) is 0 Å². The fraction of sp³-hybridized carbons (Fsp3) is 0.867. The van der Waals surface area contributed by atoms with Crippen molar-refractivity contribution in [1.82, 2.24) is 0 Å². The van der Waals surface area contributed by atoms with E-state index in [0.717, 1.165) is 29.2 Å². The Labute approximate surface area is 114 Å². The highest BCUT2D eigenvalue weighted by atomic mass is 32.2. The number of fused-ring (bicyclic) bond motifs is 2. The van der Waals surface area contributed by atoms with Gasteiger partial charge >= 0.3 is 0 Å². The van der Waals surface area contributed by atoms with Gasteiger partial charge in [-0.05, 0) is 56.3 Å². The summed E-state index contributed by atoms with van der Waals surface area (Å²) in [5, 5.41) is 1.12. The molecule has 1 amide bonds. The van der Waals surface area contributed by atoms with Crippen LogP contribution in [0.4, 0.5) is 0 Å². The van der Waals surface area contributed by atoms with Gasteiger partial charge in [0.15, 0.2) is 0 Å². The highest BCUT2D eigenvalue weighted by Gasteiger charge is 2.46. The fourth-order valence-corrected chi connectivity index (χ4v) is 5.12. The zero-order valence-electron chi connectivity index (χ0n) is 11.6. The van der Waals surface area contributed by atoms with Crippen LogP contribution in [0.3, 0.4) is 0 Å². The highest BCUT2D eigenvalue weighted by Crippen LogP contribution is 2.51. The first-order chi connectivity index (χ1) is 8.49. The molecule has 100 valence electrons. The zero-order chi connectivity index (χ0) is 12.9. The van der Waals surface area contributed by atoms with Crippen molar-refractivity contribution in [2.75, 3.05) is 0 Å². The van der Waals surface area contributed by atoms with Crippen LogP contribution in [0.5, 0.6) is 0 Å². The first-order valence-corrected chi connectivity index (χ1v) is 8.11. The lowest BCUT2D eigenvalue weighted by Gasteiger charge is -2.25. The molecule has 1 aliphatic heterocycles. The monoisotopic (exact) mass is 265 g/mol. The van der Waals surface area contributed by atoms with E-state index in [0.29, 0.717) is 5.92 Å². The van der Waals surface area contributed by atoms with Crippen LogP contribution in [0.1, 0.15) is 52.9 Å². The second-order valence-electron chi connectivity index (χ2n) is 6.81. The van der Waals surface area contributed by atoms with E-state index in [1.165, 1.54) is 25.7 Å². The number of amides is 1. The molecule has 0 saturated heterocycles. The molecule has 0 aromatic rings. The zero-order valence-corrected chi connectivity index (χ0v) is 12.4. The maximum atomic E-state index is 12.1. The average molecular weight is 265 g/mol. The number of nitrogens with zero attached hydrogens (tertiary/aromatic N) is 1. The van der Waals surface area contributed by atoms with Gasteiger partial charge in [-0.2, -0.15) is 0 Å². The third-order valence-electron chi connectivity index (χ3n) is 5.40. The SMILES string of the molecule is CC(C)[C@]1(C)SC(CC2C[C@@H]3CC[C@H]2C3)=NC1=O. The number of carbonyl (C=O) groups excluding carboxylic acids is 1. The topological polar surface area (TPSA) is 29.4 Å². The van der Waals surface area contributed by atoms with Gasteiger partial charge in [0.2, 0.25) is 0 Å². The maximum absolute atomic E-state index is 12.1. The predicted octanol–water partition coefficient (Wildman–Crippen LogP) is 3.90. The van der Waals surface area contributed by atoms with Gasteiger partial charge in [0.1, 0.15) is 4.75 Å². The molecule has 2 bridgehead atoms. The number of hydrogen-bond donors (Lipinski definition) is 0. The van der Waals surface area contributed by atoms with Crippen molar-refractivity contribution in [2.45, 2.75) is 57.6 Å². The Balaban J connectivity index is 1.65. The number of carbonyl (C=O) groups is 1. The summed E-state index contributed by atoms with van der Waals surface area (Å²) in [6.45, 7) is 6.31. The van der Waals surface area contributed by atoms with E-state index >= 15 is 0 Å². The Hall–Kier alpha value is -0.310. The molecule has 3 rings (SSSR count). The molecule has 2 saturated carbocycles. The molecule has 0 aromatic heterocycles. The highest BCUT2D eigenvalue weighted by molar-refractivity contribution is 8.16. The van der Waals surface area contributed by atoms with Gasteiger partial charge in [0.25, 0.3) is 5.91 Å². The van der Waals surface area contributed by atoms with Crippen LogP contribution in [-0.2, 0) is 4.79 Å². The van der Waals surface area contributed by atoms with Gasteiger partial charge in [-0.25, -0.2) is 4.99 Å². The van der Waals surface area contributed by atoms with Gasteiger partial charge < -0.3 is 0 Å². The second-order valence-corrected chi connectivity index (χ2v) is 8.34. The van der Waals surface area contributed by atoms with Crippen molar-refractivity contribution < 1.29 is 4.79 Å². The lowest BCUT2D eigenvalue weighted by molar-refractivity contribution is -0.120. The van der Waals surface area contributed by atoms with Gasteiger partial charge in [0, 0.05) is 0 Å². The van der Waals surface area contributed by atoms with E-state index in [1.807, 2.05) is 0 Å². The first kappa shape index (κ1) is 12.7. The molecule has 4 atom stereocenters. The Morgan fingerprint density at radius 1 is 1.39 bits per heavy atom. The van der Waals surface area contributed by atoms with Crippen molar-refractivity contribution in [1.29, 1.82) is 0 Å². The average Bonchev–Trinajstić information content (AvgIpc) is 2.95. The number of aliphatic imine (C=N–C) groups is 1. The molecule has 0 spiro atoms. The molecular formula is C15H23NOS. The molecular weight excluding hydrogens is 242 g/mol. The second kappa shape index (κ2) is 4.36. The standard InChI is InChI=1S/C15H23NOS/c1-9(2)15(3)14(17)16-13(18-15)8-12-7-10-4-5-11(12)6-10/h9-12H,4-8H2,1-3H3/t10-,11+,12?,15+/m1/s1. The Kier molecular flexibility index (Phi) is 3.08. The predicted molar refractivity (Wildman–Crippen MR) is 76.8 cm³/mol. The van der Waals surface area contributed by atoms with E-state index in [-0.39, 0.29) is 10.7 Å². The van der Waals surface area contributed by atoms with Crippen LogP contribution in [0.15, 0.2) is 4.99 Å². The Bertz CT molecular complexity index is 403. The van der Waals surface area contributed by atoms with Crippen LogP contribution in [0, 0.1) is 23.7 Å². The van der Waals surface area contributed by atoms with Gasteiger partial charge in [-0.1, -0.05) is 32.0 Å². The molecule has 0 N–H and O–H groups in total. The van der Waals surface area contributed by atoms with E-state index < -0.39 is 0 Å². The molecule has 2 nitrogen and oxygen atoms in total. The molecule has 0 radical (unpaired) electrons. The molecule has 2 aliphatic carbocycles. The minimum atomic E-state index is -0.299. The molecule has 1 heterocycles. The van der Waals surface area contributed by atoms with Crippen LogP contribution < -0.4 is 0 Å². The smallest absolute Gasteiger partial charge is 0.263 e. The Morgan fingerprint density at radius 3 is 2.67 bits per heavy atom. The molecule has 3 heteroatoms. The molecule has 3 aliphatic rings. The summed E-state index contributed by atoms with van der Waals surface area (Å²) < 4.78 is -0.299. The summed E-state index contributed by atoms with van der Waals surface area (Å²) in [6.07, 6.45) is 6.76. The molecule has 18 heavy (non-hydrogen) atoms. The summed E-state index contributed by atoms with van der Waals surface area (Å²) in [6, 6.07) is 0. The maximum Gasteiger partial charge on any atom is 0.263 e. The van der Waals surface area contributed by atoms with Crippen molar-refractivity contribution in [2.24, 2.45) is 28.7 Å². The third-order valence-corrected chi connectivity index (χ3v) is 6.97. The quantitative estimate of drug-likeness (QED) is 0.774. The first-order valence-electron chi connectivity index (χ1n) is 7.30. The minimum absolute atomic E-state index is 0.0978. The van der Waals surface area contributed by atoms with Gasteiger partial charge in [-0.15, -0.1) is 0 Å². The van der Waals surface area contributed by atoms with Crippen LogP contribution in [-0.4, -0.2) is 15.7 Å². The van der Waals surface area contributed by atoms with Crippen molar-refractivity contribution >= 4 is 22.7 Å². The van der Waals surface area contributed by atoms with E-state index in [4.69, 9.17) is 0 Å². The largest absolute Gasteiger partial charge is 0.271 e. The Morgan fingerprint density at radius 2 is 2.17 bits per heavy atom. The molecule has 1 unspecified atom stereocenters. The lowest BCUT2D eigenvalue weighted by atomic mass is 9.87. The van der Waals surface area contributed by atoms with Gasteiger partial charge in [0.05, 0.1) is 5.04 Å². The summed E-state index contributed by atoms with van der Waals surface area (Å²) in [5.74, 6) is 3.19. The van der Waals surface area contributed by atoms with Gasteiger partial charge in [-0.3, -0.25) is 4.79 Å². The van der Waals surface area contributed by atoms with Crippen molar-refractivity contribution in [3.8, 4) is 0 Å². The van der Waals surface area contributed by atoms with Crippen LogP contribution >= 0.6 is 11.8 Å². The molecule has 0 aromatic carbocycles. The summed E-state index contributed by atoms with van der Waals surface area (Å²) in [5.41, 5.74) is 0. The van der Waals surface area contributed by atoms with Crippen LogP contribution in [0.2, 0.25) is 0 Å². The normalized spacial score (nSPS) is 43.0. The van der Waals surface area contributed by atoms with Crippen molar-refractivity contribution in [3.05, 3.63) is 0 Å². The fourth-order valence-electron chi connectivity index (χ4n) is 3.84. The van der Waals surface area contributed by atoms with Crippen molar-refractivity contribution in [3.63, 3.8) is 0 Å². The number of hydrogen-bond acceptors (Lipinski definition) is 2. The summed E-state index contributed by atoms with van der Waals surface area (Å²) in [4.78, 5) is 16.4.